The number of nitrogens with zero attached hydrogens (tertiary/aromatic N) is 2. The molecule has 1 N–H and O–H groups in total. The molecule has 1 amide bonds. The van der Waals surface area contributed by atoms with Crippen molar-refractivity contribution in [1.82, 2.24) is 9.78 Å². The van der Waals surface area contributed by atoms with Gasteiger partial charge >= 0.3 is 0 Å². The average molecular weight is 282 g/mol. The molecule has 1 aromatic carbocycles. The summed E-state index contributed by atoms with van der Waals surface area (Å²) in [7, 11) is 0. The minimum Gasteiger partial charge on any atom is -0.324 e. The number of halogens is 2. The smallest absolute Gasteiger partial charge is 0.226 e. The second-order valence-corrected chi connectivity index (χ2v) is 4.65. The maximum atomic E-state index is 13.5. The van der Waals surface area contributed by atoms with Crippen molar-refractivity contribution in [2.75, 3.05) is 5.32 Å². The van der Waals surface area contributed by atoms with Gasteiger partial charge < -0.3 is 5.32 Å². The Labute approximate surface area is 115 Å². The molecule has 0 aliphatic carbocycles. The molecule has 0 bridgehead atoms. The second kappa shape index (κ2) is 5.84. The molecule has 0 fully saturated rings. The Bertz CT molecular complexity index is 571. The molecule has 0 spiro atoms. The lowest BCUT2D eigenvalue weighted by Crippen LogP contribution is -2.18. The molecule has 6 heteroatoms. The highest BCUT2D eigenvalue weighted by molar-refractivity contribution is 6.30. The third-order valence-corrected chi connectivity index (χ3v) is 2.90. The zero-order valence-corrected chi connectivity index (χ0v) is 11.1. The number of hydrogen-bond acceptors (Lipinski definition) is 2. The van der Waals surface area contributed by atoms with Gasteiger partial charge in [-0.1, -0.05) is 11.6 Å². The van der Waals surface area contributed by atoms with E-state index < -0.39 is 5.82 Å². The number of carbonyl (C=O) groups excluding carboxylic acids is 1. The van der Waals surface area contributed by atoms with E-state index in [2.05, 4.69) is 10.4 Å². The molecular weight excluding hydrogens is 269 g/mol. The van der Waals surface area contributed by atoms with Crippen LogP contribution in [0.3, 0.4) is 0 Å². The van der Waals surface area contributed by atoms with Crippen molar-refractivity contribution in [3.63, 3.8) is 0 Å². The Hall–Kier alpha value is -1.88. The summed E-state index contributed by atoms with van der Waals surface area (Å²) in [6.07, 6.45) is 3.64. The van der Waals surface area contributed by atoms with Crippen molar-refractivity contribution in [3.8, 4) is 0 Å². The van der Waals surface area contributed by atoms with Crippen molar-refractivity contribution in [1.29, 1.82) is 0 Å². The van der Waals surface area contributed by atoms with Gasteiger partial charge in [-0.05, 0) is 31.2 Å². The Morgan fingerprint density at radius 2 is 2.37 bits per heavy atom. The van der Waals surface area contributed by atoms with Gasteiger partial charge in [0.25, 0.3) is 0 Å². The number of nitrogens with one attached hydrogen (secondary N) is 1. The molecule has 0 aliphatic rings. The highest BCUT2D eigenvalue weighted by Gasteiger charge is 2.12. The quantitative estimate of drug-likeness (QED) is 0.935. The molecule has 4 nitrogen and oxygen atoms in total. The van der Waals surface area contributed by atoms with Crippen LogP contribution in [0.15, 0.2) is 36.7 Å². The van der Waals surface area contributed by atoms with Crippen LogP contribution in [-0.2, 0) is 4.79 Å². The molecular formula is C13H13ClFN3O. The molecule has 2 rings (SSSR count). The molecule has 0 aliphatic heterocycles. The van der Waals surface area contributed by atoms with Crippen molar-refractivity contribution in [2.45, 2.75) is 19.4 Å². The number of carbonyl (C=O) groups is 1. The maximum Gasteiger partial charge on any atom is 0.226 e. The van der Waals surface area contributed by atoms with Gasteiger partial charge in [-0.15, -0.1) is 0 Å². The largest absolute Gasteiger partial charge is 0.324 e. The summed E-state index contributed by atoms with van der Waals surface area (Å²) in [4.78, 5) is 11.8. The van der Waals surface area contributed by atoms with Crippen LogP contribution in [0.1, 0.15) is 19.4 Å². The fourth-order valence-corrected chi connectivity index (χ4v) is 1.85. The van der Waals surface area contributed by atoms with Crippen molar-refractivity contribution in [2.24, 2.45) is 0 Å². The standard InChI is InChI=1S/C13H13ClFN3O/c1-9(18-6-2-5-16-18)7-13(19)17-12-4-3-10(14)8-11(12)15/h2-6,8-9H,7H2,1H3,(H,17,19)/t9-/m0/s1. The van der Waals surface area contributed by atoms with Crippen LogP contribution in [0, 0.1) is 5.82 Å². The maximum absolute atomic E-state index is 13.5. The molecule has 0 unspecified atom stereocenters. The number of hydrogen-bond donors (Lipinski definition) is 1. The van der Waals surface area contributed by atoms with Gasteiger partial charge in [-0.2, -0.15) is 5.10 Å². The van der Waals surface area contributed by atoms with Crippen LogP contribution in [0.5, 0.6) is 0 Å². The molecule has 0 radical (unpaired) electrons. The third kappa shape index (κ3) is 3.54. The summed E-state index contributed by atoms with van der Waals surface area (Å²) in [5, 5.41) is 6.86. The van der Waals surface area contributed by atoms with E-state index in [0.717, 1.165) is 6.07 Å². The lowest BCUT2D eigenvalue weighted by molar-refractivity contribution is -0.116. The topological polar surface area (TPSA) is 46.9 Å². The summed E-state index contributed by atoms with van der Waals surface area (Å²) >= 11 is 5.64. The van der Waals surface area contributed by atoms with Gasteiger partial charge in [0, 0.05) is 23.8 Å². The molecule has 2 aromatic rings. The van der Waals surface area contributed by atoms with Crippen LogP contribution < -0.4 is 5.32 Å². The number of amides is 1. The summed E-state index contributed by atoms with van der Waals surface area (Å²) in [5.41, 5.74) is 0.127. The summed E-state index contributed by atoms with van der Waals surface area (Å²) in [6, 6.07) is 5.82. The monoisotopic (exact) mass is 281 g/mol. The number of rotatable bonds is 4. The minimum atomic E-state index is -0.549. The SMILES string of the molecule is C[C@@H](CC(=O)Nc1ccc(Cl)cc1F)n1cccn1. The molecule has 0 saturated carbocycles. The van der Waals surface area contributed by atoms with Crippen LogP contribution in [0.25, 0.3) is 0 Å². The molecule has 19 heavy (non-hydrogen) atoms. The van der Waals surface area contributed by atoms with E-state index >= 15 is 0 Å². The van der Waals surface area contributed by atoms with E-state index in [9.17, 15) is 9.18 Å². The van der Waals surface area contributed by atoms with Crippen molar-refractivity contribution in [3.05, 3.63) is 47.5 Å². The second-order valence-electron chi connectivity index (χ2n) is 4.21. The average Bonchev–Trinajstić information content (AvgIpc) is 2.86. The van der Waals surface area contributed by atoms with E-state index in [-0.39, 0.29) is 24.1 Å². The summed E-state index contributed by atoms with van der Waals surface area (Å²) in [6.45, 7) is 1.87. The third-order valence-electron chi connectivity index (χ3n) is 2.66. The van der Waals surface area contributed by atoms with Gasteiger partial charge in [0.15, 0.2) is 0 Å². The van der Waals surface area contributed by atoms with E-state index in [1.54, 1.807) is 23.1 Å². The normalized spacial score (nSPS) is 12.2. The van der Waals surface area contributed by atoms with E-state index in [0.29, 0.717) is 5.02 Å². The van der Waals surface area contributed by atoms with E-state index in [1.165, 1.54) is 12.1 Å². The summed E-state index contributed by atoms with van der Waals surface area (Å²) in [5.74, 6) is -0.822. The number of aromatic nitrogens is 2. The minimum absolute atomic E-state index is 0.0923. The lowest BCUT2D eigenvalue weighted by Gasteiger charge is -2.12. The van der Waals surface area contributed by atoms with Crippen molar-refractivity contribution >= 4 is 23.2 Å². The Morgan fingerprint density at radius 1 is 1.58 bits per heavy atom. The molecule has 1 heterocycles. The van der Waals surface area contributed by atoms with Crippen LogP contribution in [0.2, 0.25) is 5.02 Å². The first-order valence-corrected chi connectivity index (χ1v) is 6.18. The van der Waals surface area contributed by atoms with E-state index in [4.69, 9.17) is 11.6 Å². The first kappa shape index (κ1) is 13.5. The predicted octanol–water partition coefficient (Wildman–Crippen LogP) is 3.27. The number of benzene rings is 1. The highest BCUT2D eigenvalue weighted by atomic mass is 35.5. The van der Waals surface area contributed by atoms with Gasteiger partial charge in [0.1, 0.15) is 5.82 Å². The lowest BCUT2D eigenvalue weighted by atomic mass is 10.2. The van der Waals surface area contributed by atoms with Gasteiger partial charge in [0.2, 0.25) is 5.91 Å². The molecule has 1 atom stereocenters. The summed E-state index contributed by atoms with van der Waals surface area (Å²) < 4.78 is 15.2. The van der Waals surface area contributed by atoms with Gasteiger partial charge in [-0.3, -0.25) is 9.48 Å². The van der Waals surface area contributed by atoms with E-state index in [1.807, 2.05) is 6.92 Å². The van der Waals surface area contributed by atoms with Crippen LogP contribution in [-0.4, -0.2) is 15.7 Å². The first-order chi connectivity index (χ1) is 9.06. The van der Waals surface area contributed by atoms with Gasteiger partial charge in [-0.25, -0.2) is 4.39 Å². The van der Waals surface area contributed by atoms with Crippen molar-refractivity contribution < 1.29 is 9.18 Å². The van der Waals surface area contributed by atoms with Crippen LogP contribution >= 0.6 is 11.6 Å². The highest BCUT2D eigenvalue weighted by Crippen LogP contribution is 2.19. The molecule has 1 aromatic heterocycles. The fourth-order valence-electron chi connectivity index (χ4n) is 1.70. The Morgan fingerprint density at radius 3 is 3.00 bits per heavy atom. The predicted molar refractivity (Wildman–Crippen MR) is 71.6 cm³/mol. The zero-order chi connectivity index (χ0) is 13.8. The van der Waals surface area contributed by atoms with Crippen LogP contribution in [0.4, 0.5) is 10.1 Å². The first-order valence-electron chi connectivity index (χ1n) is 5.80. The molecule has 100 valence electrons. The van der Waals surface area contributed by atoms with Gasteiger partial charge in [0.05, 0.1) is 11.7 Å². The Kier molecular flexibility index (Phi) is 4.16. The molecule has 0 saturated heterocycles. The fraction of sp³-hybridized carbons (Fsp3) is 0.231. The zero-order valence-electron chi connectivity index (χ0n) is 10.3. The number of anilines is 1. The Balaban J connectivity index is 1.98.